The van der Waals surface area contributed by atoms with E-state index in [1.54, 1.807) is 0 Å². The Kier molecular flexibility index (Phi) is 8.62. The Bertz CT molecular complexity index is 1370. The van der Waals surface area contributed by atoms with Crippen LogP contribution in [-0.4, -0.2) is 53.3 Å². The molecule has 4 aromatic rings. The van der Waals surface area contributed by atoms with Gasteiger partial charge in [-0.05, 0) is 59.2 Å². The quantitative estimate of drug-likeness (QED) is 0.227. The molecule has 0 bridgehead atoms. The van der Waals surface area contributed by atoms with Crippen LogP contribution in [0.5, 0.6) is 11.5 Å². The molecule has 0 spiro atoms. The third kappa shape index (κ3) is 5.28. The first kappa shape index (κ1) is 28.0. The first-order chi connectivity index (χ1) is 19.5. The van der Waals surface area contributed by atoms with E-state index in [2.05, 4.69) is 0 Å². The second-order valence-electron chi connectivity index (χ2n) is 9.52. The third-order valence-electron chi connectivity index (χ3n) is 6.89. The van der Waals surface area contributed by atoms with E-state index in [1.165, 1.54) is 0 Å². The van der Waals surface area contributed by atoms with E-state index in [1.807, 2.05) is 108 Å². The van der Waals surface area contributed by atoms with Crippen LogP contribution in [0.15, 0.2) is 103 Å². The van der Waals surface area contributed by atoms with Crippen LogP contribution in [-0.2, 0) is 5.54 Å². The van der Waals surface area contributed by atoms with Gasteiger partial charge in [0.2, 0.25) is 0 Å². The highest BCUT2D eigenvalue weighted by molar-refractivity contribution is 6.18. The topological polar surface area (TPSA) is 79.2 Å². The van der Waals surface area contributed by atoms with Gasteiger partial charge in [0.1, 0.15) is 42.5 Å². The van der Waals surface area contributed by atoms with E-state index in [-0.39, 0.29) is 30.9 Å². The van der Waals surface area contributed by atoms with Gasteiger partial charge in [0.05, 0.1) is 11.8 Å². The van der Waals surface area contributed by atoms with Gasteiger partial charge in [-0.25, -0.2) is 0 Å². The Morgan fingerprint density at radius 1 is 0.675 bits per heavy atom. The molecule has 1 heterocycles. The van der Waals surface area contributed by atoms with E-state index in [4.69, 9.17) is 32.7 Å². The standard InChI is InChI=1S/C32H29Cl2NO5/c33-18-25(36)20-39-27-14-10-22(11-15-27)32(23-12-16-28(17-13-23)40-21-26(37)19-34)30-9-5-4-8-29(30)31(38)35(32)24-6-2-1-3-7-24/h1-17,25-26,36-37H,18-21H2. The zero-order valence-electron chi connectivity index (χ0n) is 21.6. The van der Waals surface area contributed by atoms with Crippen LogP contribution in [0.3, 0.4) is 0 Å². The number of aliphatic hydroxyl groups is 2. The Morgan fingerprint density at radius 2 is 1.15 bits per heavy atom. The first-order valence-corrected chi connectivity index (χ1v) is 14.0. The lowest BCUT2D eigenvalue weighted by Gasteiger charge is -2.40. The molecule has 8 heteroatoms. The second-order valence-corrected chi connectivity index (χ2v) is 10.1. The van der Waals surface area contributed by atoms with E-state index in [9.17, 15) is 15.0 Å². The van der Waals surface area contributed by atoms with Crippen molar-refractivity contribution in [3.05, 3.63) is 125 Å². The van der Waals surface area contributed by atoms with Crippen LogP contribution in [0.25, 0.3) is 0 Å². The lowest BCUT2D eigenvalue weighted by molar-refractivity contribution is 0.0986. The van der Waals surface area contributed by atoms with Crippen LogP contribution in [0.1, 0.15) is 27.0 Å². The number of carbonyl (C=O) groups is 1. The largest absolute Gasteiger partial charge is 0.491 e. The number of alkyl halides is 2. The molecule has 0 saturated heterocycles. The fourth-order valence-corrected chi connectivity index (χ4v) is 5.24. The van der Waals surface area contributed by atoms with Crippen LogP contribution < -0.4 is 14.4 Å². The van der Waals surface area contributed by atoms with E-state index < -0.39 is 17.7 Å². The van der Waals surface area contributed by atoms with Crippen molar-refractivity contribution in [3.63, 3.8) is 0 Å². The highest BCUT2D eigenvalue weighted by atomic mass is 35.5. The number of fused-ring (bicyclic) bond motifs is 1. The Labute approximate surface area is 243 Å². The van der Waals surface area contributed by atoms with Gasteiger partial charge in [-0.2, -0.15) is 0 Å². The number of benzene rings is 4. The minimum atomic E-state index is -1.00. The number of amides is 1. The van der Waals surface area contributed by atoms with Crippen molar-refractivity contribution < 1.29 is 24.5 Å². The minimum absolute atomic E-state index is 0.0747. The van der Waals surface area contributed by atoms with Gasteiger partial charge in [0.25, 0.3) is 5.91 Å². The van der Waals surface area contributed by atoms with Crippen LogP contribution >= 0.6 is 23.2 Å². The molecule has 0 aromatic heterocycles. The van der Waals surface area contributed by atoms with Crippen LogP contribution in [0, 0.1) is 0 Å². The zero-order chi connectivity index (χ0) is 28.1. The summed E-state index contributed by atoms with van der Waals surface area (Å²) >= 11 is 11.4. The third-order valence-corrected chi connectivity index (χ3v) is 7.60. The van der Waals surface area contributed by atoms with E-state index in [0.29, 0.717) is 17.1 Å². The molecule has 5 rings (SSSR count). The average Bonchev–Trinajstić information content (AvgIpc) is 3.28. The van der Waals surface area contributed by atoms with Crippen molar-refractivity contribution in [1.29, 1.82) is 0 Å². The molecule has 206 valence electrons. The van der Waals surface area contributed by atoms with Gasteiger partial charge in [0, 0.05) is 11.3 Å². The van der Waals surface area contributed by atoms with Gasteiger partial charge in [-0.15, -0.1) is 23.2 Å². The van der Waals surface area contributed by atoms with Gasteiger partial charge in [-0.3, -0.25) is 9.69 Å². The maximum absolute atomic E-state index is 14.1. The van der Waals surface area contributed by atoms with Gasteiger partial charge in [0.15, 0.2) is 0 Å². The lowest BCUT2D eigenvalue weighted by Crippen LogP contribution is -2.46. The summed E-state index contributed by atoms with van der Waals surface area (Å²) in [6.07, 6.45) is -1.54. The van der Waals surface area contributed by atoms with Crippen molar-refractivity contribution in [2.24, 2.45) is 0 Å². The highest BCUT2D eigenvalue weighted by Gasteiger charge is 2.52. The summed E-state index contributed by atoms with van der Waals surface area (Å²) in [5.41, 5.74) is 2.91. The Hall–Kier alpha value is -3.55. The molecule has 1 aliphatic heterocycles. The summed E-state index contributed by atoms with van der Waals surface area (Å²) in [4.78, 5) is 15.9. The first-order valence-electron chi connectivity index (χ1n) is 12.9. The number of hydrogen-bond donors (Lipinski definition) is 2. The summed E-state index contributed by atoms with van der Waals surface area (Å²) in [5.74, 6) is 1.20. The van der Waals surface area contributed by atoms with Crippen LogP contribution in [0.2, 0.25) is 0 Å². The van der Waals surface area contributed by atoms with Crippen molar-refractivity contribution in [3.8, 4) is 11.5 Å². The summed E-state index contributed by atoms with van der Waals surface area (Å²) in [7, 11) is 0. The van der Waals surface area contributed by atoms with Crippen molar-refractivity contribution in [1.82, 2.24) is 0 Å². The van der Waals surface area contributed by atoms with Gasteiger partial charge >= 0.3 is 0 Å². The molecule has 40 heavy (non-hydrogen) atoms. The Morgan fingerprint density at radius 3 is 1.65 bits per heavy atom. The average molecular weight is 578 g/mol. The summed E-state index contributed by atoms with van der Waals surface area (Å²) in [6.45, 7) is 0.149. The van der Waals surface area contributed by atoms with E-state index in [0.717, 1.165) is 22.4 Å². The fourth-order valence-electron chi connectivity index (χ4n) is 5.06. The minimum Gasteiger partial charge on any atom is -0.491 e. The molecule has 4 aromatic carbocycles. The molecule has 0 aliphatic carbocycles. The van der Waals surface area contributed by atoms with Gasteiger partial charge < -0.3 is 19.7 Å². The summed E-state index contributed by atoms with van der Waals surface area (Å²) in [6, 6.07) is 32.3. The fraction of sp³-hybridized carbons (Fsp3) is 0.219. The van der Waals surface area contributed by atoms with E-state index >= 15 is 0 Å². The van der Waals surface area contributed by atoms with Crippen LogP contribution in [0.4, 0.5) is 5.69 Å². The lowest BCUT2D eigenvalue weighted by atomic mass is 9.76. The maximum atomic E-state index is 14.1. The van der Waals surface area contributed by atoms with Crippen molar-refractivity contribution in [2.45, 2.75) is 17.7 Å². The van der Waals surface area contributed by atoms with Crippen molar-refractivity contribution in [2.75, 3.05) is 29.9 Å². The number of hydrogen-bond acceptors (Lipinski definition) is 5. The number of ether oxygens (including phenoxy) is 2. The molecule has 2 atom stereocenters. The number of anilines is 1. The summed E-state index contributed by atoms with van der Waals surface area (Å²) < 4.78 is 11.5. The predicted molar refractivity (Wildman–Crippen MR) is 157 cm³/mol. The Balaban J connectivity index is 1.66. The molecule has 2 N–H and O–H groups in total. The monoisotopic (exact) mass is 577 g/mol. The number of rotatable bonds is 11. The molecule has 1 amide bonds. The zero-order valence-corrected chi connectivity index (χ0v) is 23.1. The molecule has 1 aliphatic rings. The molecule has 0 saturated carbocycles. The number of aliphatic hydroxyl groups excluding tert-OH is 2. The predicted octanol–water partition coefficient (Wildman–Crippen LogP) is 5.60. The maximum Gasteiger partial charge on any atom is 0.260 e. The SMILES string of the molecule is O=C1c2ccccc2C(c2ccc(OCC(O)CCl)cc2)(c2ccc(OCC(O)CCl)cc2)N1c1ccccc1. The molecular weight excluding hydrogens is 549 g/mol. The number of nitrogens with zero attached hydrogens (tertiary/aromatic N) is 1. The normalized spacial score (nSPS) is 17.8. The second kappa shape index (κ2) is 12.3. The number of halogens is 2. The highest BCUT2D eigenvalue weighted by Crippen LogP contribution is 2.51. The molecular formula is C32H29Cl2NO5. The molecule has 6 nitrogen and oxygen atoms in total. The number of carbonyl (C=O) groups excluding carboxylic acids is 1. The van der Waals surface area contributed by atoms with Crippen molar-refractivity contribution >= 4 is 34.8 Å². The molecule has 2 unspecified atom stereocenters. The molecule has 0 fully saturated rings. The summed E-state index contributed by atoms with van der Waals surface area (Å²) in [5, 5.41) is 19.6. The molecule has 0 radical (unpaired) electrons. The number of para-hydroxylation sites is 1. The van der Waals surface area contributed by atoms with Gasteiger partial charge in [-0.1, -0.05) is 60.7 Å². The smallest absolute Gasteiger partial charge is 0.260 e.